The molecule has 0 saturated carbocycles. The molecule has 1 heterocycles. The highest BCUT2D eigenvalue weighted by Gasteiger charge is 2.17. The van der Waals surface area contributed by atoms with E-state index in [-0.39, 0.29) is 11.3 Å². The number of anilines is 1. The molecule has 0 radical (unpaired) electrons. The number of rotatable bonds is 9. The van der Waals surface area contributed by atoms with Gasteiger partial charge in [0.15, 0.2) is 0 Å². The van der Waals surface area contributed by atoms with Crippen molar-refractivity contribution >= 4 is 11.6 Å². The standard InChI is InChI=1S/C23H31N3O3/c24-23(29)20-17-18(10-11-22(20)28)21(27)9-5-2-6-12-25-13-15-26(16-14-25)19-7-3-1-4-8-19/h1,3-4,7-8,10-11,17,21,27-28H,2,5-6,9,12-16H2,(H2,24,29). The highest BCUT2D eigenvalue weighted by molar-refractivity contribution is 5.95. The molecule has 2 aromatic rings. The molecular formula is C23H31N3O3. The molecule has 1 atom stereocenters. The molecule has 6 nitrogen and oxygen atoms in total. The Kier molecular flexibility index (Phi) is 7.49. The maximum Gasteiger partial charge on any atom is 0.252 e. The van der Waals surface area contributed by atoms with Gasteiger partial charge in [-0.2, -0.15) is 0 Å². The number of amides is 1. The summed E-state index contributed by atoms with van der Waals surface area (Å²) in [5, 5.41) is 20.0. The normalized spacial score (nSPS) is 16.0. The Morgan fingerprint density at radius 2 is 1.72 bits per heavy atom. The Morgan fingerprint density at radius 3 is 2.41 bits per heavy atom. The van der Waals surface area contributed by atoms with Crippen LogP contribution in [0.15, 0.2) is 48.5 Å². The molecular weight excluding hydrogens is 366 g/mol. The highest BCUT2D eigenvalue weighted by Crippen LogP contribution is 2.25. The summed E-state index contributed by atoms with van der Waals surface area (Å²) in [6, 6.07) is 15.1. The molecule has 1 aliphatic heterocycles. The van der Waals surface area contributed by atoms with Gasteiger partial charge in [-0.3, -0.25) is 9.69 Å². The van der Waals surface area contributed by atoms with Crippen LogP contribution in [-0.2, 0) is 0 Å². The Bertz CT molecular complexity index is 789. The second-order valence-electron chi connectivity index (χ2n) is 7.67. The molecule has 1 unspecified atom stereocenters. The topological polar surface area (TPSA) is 90.0 Å². The van der Waals surface area contributed by atoms with Gasteiger partial charge in [-0.25, -0.2) is 0 Å². The van der Waals surface area contributed by atoms with Crippen LogP contribution in [0.1, 0.15) is 47.7 Å². The molecule has 0 aromatic heterocycles. The Balaban J connectivity index is 1.33. The van der Waals surface area contributed by atoms with Crippen molar-refractivity contribution < 1.29 is 15.0 Å². The summed E-state index contributed by atoms with van der Waals surface area (Å²) >= 11 is 0. The number of piperazine rings is 1. The lowest BCUT2D eigenvalue weighted by Gasteiger charge is -2.36. The van der Waals surface area contributed by atoms with E-state index in [9.17, 15) is 15.0 Å². The molecule has 1 saturated heterocycles. The maximum atomic E-state index is 11.3. The number of aliphatic hydroxyl groups excluding tert-OH is 1. The van der Waals surface area contributed by atoms with Gasteiger partial charge in [-0.05, 0) is 49.2 Å². The van der Waals surface area contributed by atoms with Gasteiger partial charge >= 0.3 is 0 Å². The first-order chi connectivity index (χ1) is 14.0. The van der Waals surface area contributed by atoms with Gasteiger partial charge in [0.2, 0.25) is 0 Å². The van der Waals surface area contributed by atoms with E-state index >= 15 is 0 Å². The molecule has 0 bridgehead atoms. The van der Waals surface area contributed by atoms with E-state index in [1.165, 1.54) is 17.8 Å². The molecule has 6 heteroatoms. The number of aromatic hydroxyl groups is 1. The first-order valence-corrected chi connectivity index (χ1v) is 10.4. The van der Waals surface area contributed by atoms with Gasteiger partial charge in [0, 0.05) is 31.9 Å². The van der Waals surface area contributed by atoms with Crippen LogP contribution in [0, 0.1) is 0 Å². The third-order valence-electron chi connectivity index (χ3n) is 5.62. The third-order valence-corrected chi connectivity index (χ3v) is 5.62. The fourth-order valence-corrected chi connectivity index (χ4v) is 3.84. The number of hydrogen-bond acceptors (Lipinski definition) is 5. The van der Waals surface area contributed by atoms with Crippen LogP contribution in [0.4, 0.5) is 5.69 Å². The number of aliphatic hydroxyl groups is 1. The van der Waals surface area contributed by atoms with Crippen LogP contribution < -0.4 is 10.6 Å². The number of primary amides is 1. The van der Waals surface area contributed by atoms with Gasteiger partial charge in [-0.1, -0.05) is 37.1 Å². The zero-order chi connectivity index (χ0) is 20.6. The molecule has 0 spiro atoms. The summed E-state index contributed by atoms with van der Waals surface area (Å²) in [5.41, 5.74) is 7.22. The van der Waals surface area contributed by atoms with Crippen LogP contribution in [-0.4, -0.2) is 53.7 Å². The average Bonchev–Trinajstić information content (AvgIpc) is 2.74. The number of phenols is 1. The van der Waals surface area contributed by atoms with E-state index in [0.717, 1.165) is 52.0 Å². The first kappa shape index (κ1) is 21.1. The van der Waals surface area contributed by atoms with Crippen molar-refractivity contribution in [1.82, 2.24) is 4.90 Å². The minimum Gasteiger partial charge on any atom is -0.507 e. The third kappa shape index (κ3) is 5.95. The summed E-state index contributed by atoms with van der Waals surface area (Å²) in [6.07, 6.45) is 3.06. The molecule has 29 heavy (non-hydrogen) atoms. The molecule has 1 fully saturated rings. The second-order valence-corrected chi connectivity index (χ2v) is 7.67. The number of carbonyl (C=O) groups excluding carboxylic acids is 1. The van der Waals surface area contributed by atoms with E-state index in [0.29, 0.717) is 12.0 Å². The largest absolute Gasteiger partial charge is 0.507 e. The Labute approximate surface area is 172 Å². The minimum absolute atomic E-state index is 0.0520. The second kappa shape index (κ2) is 10.3. The van der Waals surface area contributed by atoms with Crippen LogP contribution >= 0.6 is 0 Å². The van der Waals surface area contributed by atoms with Crippen molar-refractivity contribution in [3.05, 3.63) is 59.7 Å². The number of unbranched alkanes of at least 4 members (excludes halogenated alkanes) is 2. The summed E-state index contributed by atoms with van der Waals surface area (Å²) < 4.78 is 0. The number of nitrogens with zero attached hydrogens (tertiary/aromatic N) is 2. The van der Waals surface area contributed by atoms with E-state index in [2.05, 4.69) is 40.1 Å². The van der Waals surface area contributed by atoms with Gasteiger partial charge in [0.05, 0.1) is 11.7 Å². The predicted octanol–water partition coefficient (Wildman–Crippen LogP) is 2.91. The molecule has 4 N–H and O–H groups in total. The fraction of sp³-hybridized carbons (Fsp3) is 0.435. The van der Waals surface area contributed by atoms with Crippen LogP contribution in [0.2, 0.25) is 0 Å². The van der Waals surface area contributed by atoms with Gasteiger partial charge < -0.3 is 20.8 Å². The smallest absolute Gasteiger partial charge is 0.252 e. The number of carbonyl (C=O) groups is 1. The van der Waals surface area contributed by atoms with Gasteiger partial charge in [0.1, 0.15) is 5.75 Å². The van der Waals surface area contributed by atoms with Gasteiger partial charge in [-0.15, -0.1) is 0 Å². The highest BCUT2D eigenvalue weighted by atomic mass is 16.3. The lowest BCUT2D eigenvalue weighted by atomic mass is 10.00. The minimum atomic E-state index is -0.691. The van der Waals surface area contributed by atoms with Crippen molar-refractivity contribution in [1.29, 1.82) is 0 Å². The van der Waals surface area contributed by atoms with Crippen molar-refractivity contribution in [3.63, 3.8) is 0 Å². The van der Waals surface area contributed by atoms with Crippen molar-refractivity contribution in [2.24, 2.45) is 5.73 Å². The summed E-state index contributed by atoms with van der Waals surface area (Å²) in [5.74, 6) is -0.843. The van der Waals surface area contributed by atoms with Crippen LogP contribution in [0.5, 0.6) is 5.75 Å². The van der Waals surface area contributed by atoms with Gasteiger partial charge in [0.25, 0.3) is 5.91 Å². The summed E-state index contributed by atoms with van der Waals surface area (Å²) in [4.78, 5) is 16.3. The molecule has 3 rings (SSSR count). The SMILES string of the molecule is NC(=O)c1cc(C(O)CCCCCN2CCN(c3ccccc3)CC2)ccc1O. The van der Waals surface area contributed by atoms with Crippen molar-refractivity contribution in [2.45, 2.75) is 31.8 Å². The Hall–Kier alpha value is -2.57. The molecule has 156 valence electrons. The molecule has 1 aliphatic rings. The quantitative estimate of drug-likeness (QED) is 0.566. The summed E-state index contributed by atoms with van der Waals surface area (Å²) in [6.45, 7) is 5.38. The maximum absolute atomic E-state index is 11.3. The summed E-state index contributed by atoms with van der Waals surface area (Å²) in [7, 11) is 0. The van der Waals surface area contributed by atoms with E-state index in [1.807, 2.05) is 0 Å². The lowest BCUT2D eigenvalue weighted by Crippen LogP contribution is -2.46. The first-order valence-electron chi connectivity index (χ1n) is 10.4. The molecule has 1 amide bonds. The monoisotopic (exact) mass is 397 g/mol. The van der Waals surface area contributed by atoms with Crippen molar-refractivity contribution in [3.8, 4) is 5.75 Å². The van der Waals surface area contributed by atoms with Crippen molar-refractivity contribution in [2.75, 3.05) is 37.6 Å². The zero-order valence-corrected chi connectivity index (χ0v) is 16.8. The zero-order valence-electron chi connectivity index (χ0n) is 16.8. The van der Waals surface area contributed by atoms with E-state index < -0.39 is 12.0 Å². The lowest BCUT2D eigenvalue weighted by molar-refractivity contribution is 0.0997. The average molecular weight is 398 g/mol. The number of para-hydroxylation sites is 1. The van der Waals surface area contributed by atoms with Crippen LogP contribution in [0.25, 0.3) is 0 Å². The molecule has 0 aliphatic carbocycles. The fourth-order valence-electron chi connectivity index (χ4n) is 3.84. The Morgan fingerprint density at radius 1 is 1.00 bits per heavy atom. The molecule has 2 aromatic carbocycles. The number of benzene rings is 2. The van der Waals surface area contributed by atoms with Crippen LogP contribution in [0.3, 0.4) is 0 Å². The predicted molar refractivity (Wildman–Crippen MR) is 115 cm³/mol. The number of nitrogens with two attached hydrogens (primary N) is 1. The van der Waals surface area contributed by atoms with E-state index in [1.54, 1.807) is 6.07 Å². The van der Waals surface area contributed by atoms with E-state index in [4.69, 9.17) is 5.73 Å². The number of hydrogen-bond donors (Lipinski definition) is 3.